The fraction of sp³-hybridized carbons (Fsp3) is 0.118. The van der Waals surface area contributed by atoms with Gasteiger partial charge in [0.05, 0.1) is 0 Å². The molecule has 2 aromatic rings. The summed E-state index contributed by atoms with van der Waals surface area (Å²) in [5.41, 5.74) is 1.29. The molecule has 0 amide bonds. The van der Waals surface area contributed by atoms with Crippen molar-refractivity contribution in [1.82, 2.24) is 0 Å². The van der Waals surface area contributed by atoms with Crippen molar-refractivity contribution in [2.45, 2.75) is 0 Å². The average molecular weight is 284 g/mol. The first-order valence-corrected chi connectivity index (χ1v) is 6.60. The first-order valence-electron chi connectivity index (χ1n) is 6.60. The number of benzene rings is 2. The molecule has 0 saturated heterocycles. The van der Waals surface area contributed by atoms with Gasteiger partial charge in [-0.15, -0.1) is 0 Å². The van der Waals surface area contributed by atoms with Crippen LogP contribution < -0.4 is 9.47 Å². The lowest BCUT2D eigenvalue weighted by Gasteiger charge is -2.18. The molecule has 1 aliphatic rings. The number of fused-ring (bicyclic) bond motifs is 1. The Labute approximate surface area is 121 Å². The highest BCUT2D eigenvalue weighted by Gasteiger charge is 2.10. The molecule has 0 N–H and O–H groups in total. The maximum Gasteiger partial charge on any atom is 0.185 e. The van der Waals surface area contributed by atoms with Crippen LogP contribution in [0, 0.1) is 5.82 Å². The minimum atomic E-state index is -0.359. The summed E-state index contributed by atoms with van der Waals surface area (Å²) in [6.45, 7) is 1.07. The number of hydrogen-bond donors (Lipinski definition) is 0. The first-order chi connectivity index (χ1) is 10.2. The van der Waals surface area contributed by atoms with Gasteiger partial charge in [0.15, 0.2) is 17.3 Å². The number of halogens is 1. The predicted octanol–water partition coefficient (Wildman–Crippen LogP) is 3.49. The predicted molar refractivity (Wildman–Crippen MR) is 77.2 cm³/mol. The van der Waals surface area contributed by atoms with Gasteiger partial charge < -0.3 is 9.47 Å². The van der Waals surface area contributed by atoms with Gasteiger partial charge in [0.1, 0.15) is 19.0 Å². The second kappa shape index (κ2) is 5.79. The van der Waals surface area contributed by atoms with Gasteiger partial charge in [0.25, 0.3) is 0 Å². The summed E-state index contributed by atoms with van der Waals surface area (Å²) in [5, 5.41) is 0. The molecule has 2 aromatic carbocycles. The van der Waals surface area contributed by atoms with Crippen LogP contribution in [-0.2, 0) is 0 Å². The second-order valence-corrected chi connectivity index (χ2v) is 4.61. The summed E-state index contributed by atoms with van der Waals surface area (Å²) in [6, 6.07) is 11.0. The Morgan fingerprint density at radius 1 is 1.00 bits per heavy atom. The van der Waals surface area contributed by atoms with Crippen LogP contribution >= 0.6 is 0 Å². The highest BCUT2D eigenvalue weighted by Crippen LogP contribution is 2.31. The molecule has 0 unspecified atom stereocenters. The molecule has 3 nitrogen and oxygen atoms in total. The average Bonchev–Trinajstić information content (AvgIpc) is 2.53. The zero-order valence-corrected chi connectivity index (χ0v) is 11.2. The van der Waals surface area contributed by atoms with Crippen LogP contribution in [0.2, 0.25) is 0 Å². The molecule has 0 radical (unpaired) electrons. The van der Waals surface area contributed by atoms with Crippen LogP contribution in [0.5, 0.6) is 11.5 Å². The topological polar surface area (TPSA) is 35.5 Å². The van der Waals surface area contributed by atoms with E-state index in [2.05, 4.69) is 0 Å². The molecule has 0 spiro atoms. The zero-order valence-electron chi connectivity index (χ0n) is 11.2. The van der Waals surface area contributed by atoms with E-state index in [0.717, 1.165) is 5.56 Å². The molecule has 0 fully saturated rings. The van der Waals surface area contributed by atoms with Crippen molar-refractivity contribution in [3.63, 3.8) is 0 Å². The van der Waals surface area contributed by atoms with Crippen molar-refractivity contribution in [1.29, 1.82) is 0 Å². The SMILES string of the molecule is O=C(/C=C/c1ccc2c(c1)OCCO2)c1ccc(F)cc1. The zero-order chi connectivity index (χ0) is 14.7. The summed E-state index contributed by atoms with van der Waals surface area (Å²) < 4.78 is 23.7. The number of carbonyl (C=O) groups excluding carboxylic acids is 1. The van der Waals surface area contributed by atoms with Gasteiger partial charge in [0, 0.05) is 5.56 Å². The van der Waals surface area contributed by atoms with Gasteiger partial charge in [-0.2, -0.15) is 0 Å². The van der Waals surface area contributed by atoms with E-state index >= 15 is 0 Å². The molecular formula is C17H13FO3. The third-order valence-corrected chi connectivity index (χ3v) is 3.12. The molecule has 106 valence electrons. The normalized spacial score (nSPS) is 13.4. The highest BCUT2D eigenvalue weighted by atomic mass is 19.1. The number of hydrogen-bond acceptors (Lipinski definition) is 3. The standard InChI is InChI=1S/C17H13FO3/c18-14-5-3-13(4-6-14)15(19)7-1-12-2-8-16-17(11-12)21-10-9-20-16/h1-8,11H,9-10H2/b7-1+. The minimum Gasteiger partial charge on any atom is -0.486 e. The minimum absolute atomic E-state index is 0.176. The fourth-order valence-corrected chi connectivity index (χ4v) is 2.05. The van der Waals surface area contributed by atoms with Gasteiger partial charge in [-0.3, -0.25) is 4.79 Å². The fourth-order valence-electron chi connectivity index (χ4n) is 2.05. The molecule has 1 aliphatic heterocycles. The molecule has 1 heterocycles. The van der Waals surface area contributed by atoms with E-state index in [1.54, 1.807) is 6.08 Å². The number of allylic oxidation sites excluding steroid dienone is 1. The Kier molecular flexibility index (Phi) is 3.69. The van der Waals surface area contributed by atoms with Crippen LogP contribution in [0.3, 0.4) is 0 Å². The number of ether oxygens (including phenoxy) is 2. The molecule has 4 heteroatoms. The van der Waals surface area contributed by atoms with Gasteiger partial charge in [-0.25, -0.2) is 4.39 Å². The Morgan fingerprint density at radius 3 is 2.48 bits per heavy atom. The van der Waals surface area contributed by atoms with E-state index in [9.17, 15) is 9.18 Å². The molecular weight excluding hydrogens is 271 g/mol. The van der Waals surface area contributed by atoms with Gasteiger partial charge in [-0.05, 0) is 48.0 Å². The lowest BCUT2D eigenvalue weighted by molar-refractivity contribution is 0.104. The van der Waals surface area contributed by atoms with Crippen molar-refractivity contribution < 1.29 is 18.7 Å². The van der Waals surface area contributed by atoms with Crippen LogP contribution in [0.15, 0.2) is 48.5 Å². The van der Waals surface area contributed by atoms with Crippen LogP contribution in [0.4, 0.5) is 4.39 Å². The molecule has 0 saturated carbocycles. The third kappa shape index (κ3) is 3.11. The molecule has 0 atom stereocenters. The molecule has 0 aliphatic carbocycles. The summed E-state index contributed by atoms with van der Waals surface area (Å²) >= 11 is 0. The Balaban J connectivity index is 1.76. The molecule has 0 aromatic heterocycles. The number of carbonyl (C=O) groups is 1. The van der Waals surface area contributed by atoms with E-state index in [1.165, 1.54) is 30.3 Å². The molecule has 21 heavy (non-hydrogen) atoms. The maximum atomic E-state index is 12.8. The van der Waals surface area contributed by atoms with Gasteiger partial charge in [0.2, 0.25) is 0 Å². The summed E-state index contributed by atoms with van der Waals surface area (Å²) in [4.78, 5) is 12.0. The number of ketones is 1. The molecule has 0 bridgehead atoms. The lowest BCUT2D eigenvalue weighted by Crippen LogP contribution is -2.15. The summed E-state index contributed by atoms with van der Waals surface area (Å²) in [7, 11) is 0. The van der Waals surface area contributed by atoms with Crippen LogP contribution in [-0.4, -0.2) is 19.0 Å². The van der Waals surface area contributed by atoms with E-state index in [4.69, 9.17) is 9.47 Å². The number of rotatable bonds is 3. The monoisotopic (exact) mass is 284 g/mol. The maximum absolute atomic E-state index is 12.8. The van der Waals surface area contributed by atoms with Crippen molar-refractivity contribution in [2.24, 2.45) is 0 Å². The summed E-state index contributed by atoms with van der Waals surface area (Å²) in [5.74, 6) is 0.855. The molecule has 3 rings (SSSR count). The smallest absolute Gasteiger partial charge is 0.185 e. The van der Waals surface area contributed by atoms with Crippen LogP contribution in [0.1, 0.15) is 15.9 Å². The Morgan fingerprint density at radius 2 is 1.71 bits per heavy atom. The van der Waals surface area contributed by atoms with E-state index < -0.39 is 0 Å². The van der Waals surface area contributed by atoms with Crippen molar-refractivity contribution in [3.05, 3.63) is 65.5 Å². The quantitative estimate of drug-likeness (QED) is 0.639. The van der Waals surface area contributed by atoms with E-state index in [1.807, 2.05) is 18.2 Å². The summed E-state index contributed by atoms with van der Waals surface area (Å²) in [6.07, 6.45) is 3.16. The van der Waals surface area contributed by atoms with E-state index in [0.29, 0.717) is 30.3 Å². The second-order valence-electron chi connectivity index (χ2n) is 4.61. The van der Waals surface area contributed by atoms with Gasteiger partial charge in [-0.1, -0.05) is 12.1 Å². The van der Waals surface area contributed by atoms with Crippen molar-refractivity contribution >= 4 is 11.9 Å². The van der Waals surface area contributed by atoms with E-state index in [-0.39, 0.29) is 11.6 Å². The van der Waals surface area contributed by atoms with Crippen molar-refractivity contribution in [2.75, 3.05) is 13.2 Å². The van der Waals surface area contributed by atoms with Gasteiger partial charge >= 0.3 is 0 Å². The van der Waals surface area contributed by atoms with Crippen molar-refractivity contribution in [3.8, 4) is 11.5 Å². The lowest BCUT2D eigenvalue weighted by atomic mass is 10.1. The largest absolute Gasteiger partial charge is 0.486 e. The Bertz CT molecular complexity index is 690. The van der Waals surface area contributed by atoms with Crippen LogP contribution in [0.25, 0.3) is 6.08 Å². The highest BCUT2D eigenvalue weighted by molar-refractivity contribution is 6.06. The first kappa shape index (κ1) is 13.4. The third-order valence-electron chi connectivity index (χ3n) is 3.12. The Hall–Kier alpha value is -2.62.